The molecule has 3 N–H and O–H groups in total. The molecule has 1 aliphatic rings. The summed E-state index contributed by atoms with van der Waals surface area (Å²) in [5.41, 5.74) is 7.29. The second-order valence-electron chi connectivity index (χ2n) is 6.14. The molecular weight excluding hydrogens is 252 g/mol. The fourth-order valence-corrected chi connectivity index (χ4v) is 2.99. The Morgan fingerprint density at radius 1 is 1.55 bits per heavy atom. The normalized spacial score (nSPS) is 26.5. The van der Waals surface area contributed by atoms with E-state index in [1.807, 2.05) is 20.2 Å². The molecule has 1 aromatic heterocycles. The molecule has 5 nitrogen and oxygen atoms in total. The predicted molar refractivity (Wildman–Crippen MR) is 80.3 cm³/mol. The van der Waals surface area contributed by atoms with E-state index in [1.165, 1.54) is 0 Å². The van der Waals surface area contributed by atoms with Crippen LogP contribution in [0.1, 0.15) is 45.2 Å². The van der Waals surface area contributed by atoms with Crippen LogP contribution in [0.15, 0.2) is 6.20 Å². The monoisotopic (exact) mass is 278 g/mol. The summed E-state index contributed by atoms with van der Waals surface area (Å²) in [7, 11) is 1.87. The summed E-state index contributed by atoms with van der Waals surface area (Å²) < 4.78 is 1.74. The van der Waals surface area contributed by atoms with Crippen molar-refractivity contribution in [2.75, 3.05) is 11.9 Å². The summed E-state index contributed by atoms with van der Waals surface area (Å²) in [6.07, 6.45) is 6.61. The van der Waals surface area contributed by atoms with Crippen molar-refractivity contribution in [1.29, 1.82) is 0 Å². The van der Waals surface area contributed by atoms with Gasteiger partial charge in [0.25, 0.3) is 0 Å². The Morgan fingerprint density at radius 3 is 2.75 bits per heavy atom. The SMILES string of the molecule is CCc1nn(C)cc1NC(=O)C1(CN)CCC(C)CC1. The van der Waals surface area contributed by atoms with Crippen LogP contribution in [0.2, 0.25) is 0 Å². The van der Waals surface area contributed by atoms with Gasteiger partial charge in [-0.25, -0.2) is 0 Å². The quantitative estimate of drug-likeness (QED) is 0.885. The first-order valence-electron chi connectivity index (χ1n) is 7.55. The molecule has 0 saturated heterocycles. The maximum atomic E-state index is 12.7. The Labute approximate surface area is 120 Å². The Hall–Kier alpha value is -1.36. The highest BCUT2D eigenvalue weighted by Gasteiger charge is 2.40. The Morgan fingerprint density at radius 2 is 2.20 bits per heavy atom. The van der Waals surface area contributed by atoms with Crippen LogP contribution in [-0.2, 0) is 18.3 Å². The average molecular weight is 278 g/mol. The van der Waals surface area contributed by atoms with Crippen LogP contribution in [0.4, 0.5) is 5.69 Å². The van der Waals surface area contributed by atoms with Crippen LogP contribution in [0.5, 0.6) is 0 Å². The maximum Gasteiger partial charge on any atom is 0.231 e. The number of rotatable bonds is 4. The zero-order valence-corrected chi connectivity index (χ0v) is 12.8. The zero-order valence-electron chi connectivity index (χ0n) is 12.8. The molecule has 112 valence electrons. The highest BCUT2D eigenvalue weighted by Crippen LogP contribution is 2.39. The standard InChI is InChI=1S/C15H26N4O/c1-4-12-13(9-19(3)18-12)17-14(20)15(10-16)7-5-11(2)6-8-15/h9,11H,4-8,10,16H2,1-3H3,(H,17,20). The lowest BCUT2D eigenvalue weighted by molar-refractivity contribution is -0.127. The summed E-state index contributed by atoms with van der Waals surface area (Å²) in [4.78, 5) is 12.7. The van der Waals surface area contributed by atoms with Gasteiger partial charge in [0.15, 0.2) is 0 Å². The number of aromatic nitrogens is 2. The van der Waals surface area contributed by atoms with E-state index in [0.717, 1.165) is 43.5 Å². The average Bonchev–Trinajstić information content (AvgIpc) is 2.80. The van der Waals surface area contributed by atoms with E-state index in [9.17, 15) is 4.79 Å². The topological polar surface area (TPSA) is 72.9 Å². The summed E-state index contributed by atoms with van der Waals surface area (Å²) in [6.45, 7) is 4.71. The number of hydrogen-bond donors (Lipinski definition) is 2. The lowest BCUT2D eigenvalue weighted by Crippen LogP contribution is -2.44. The minimum Gasteiger partial charge on any atom is -0.329 e. The third-order valence-corrected chi connectivity index (χ3v) is 4.59. The van der Waals surface area contributed by atoms with Crippen molar-refractivity contribution in [2.24, 2.45) is 24.1 Å². The van der Waals surface area contributed by atoms with E-state index < -0.39 is 5.41 Å². The molecule has 2 rings (SSSR count). The fourth-order valence-electron chi connectivity index (χ4n) is 2.99. The molecule has 20 heavy (non-hydrogen) atoms. The highest BCUT2D eigenvalue weighted by atomic mass is 16.2. The molecular formula is C15H26N4O. The molecule has 0 unspecified atom stereocenters. The summed E-state index contributed by atoms with van der Waals surface area (Å²) >= 11 is 0. The van der Waals surface area contributed by atoms with Crippen LogP contribution < -0.4 is 11.1 Å². The summed E-state index contributed by atoms with van der Waals surface area (Å²) in [5, 5.41) is 7.41. The van der Waals surface area contributed by atoms with Gasteiger partial charge in [-0.05, 0) is 38.0 Å². The molecule has 1 aliphatic carbocycles. The molecule has 1 fully saturated rings. The van der Waals surface area contributed by atoms with Crippen LogP contribution in [0.3, 0.4) is 0 Å². The largest absolute Gasteiger partial charge is 0.329 e. The van der Waals surface area contributed by atoms with Gasteiger partial charge in [-0.3, -0.25) is 9.48 Å². The highest BCUT2D eigenvalue weighted by molar-refractivity contribution is 5.96. The first-order chi connectivity index (χ1) is 9.50. The molecule has 0 aliphatic heterocycles. The van der Waals surface area contributed by atoms with E-state index in [-0.39, 0.29) is 5.91 Å². The van der Waals surface area contributed by atoms with Crippen molar-refractivity contribution in [3.8, 4) is 0 Å². The fraction of sp³-hybridized carbons (Fsp3) is 0.733. The van der Waals surface area contributed by atoms with Crippen LogP contribution in [0, 0.1) is 11.3 Å². The minimum absolute atomic E-state index is 0.0644. The van der Waals surface area contributed by atoms with Crippen molar-refractivity contribution in [1.82, 2.24) is 9.78 Å². The number of hydrogen-bond acceptors (Lipinski definition) is 3. The number of amides is 1. The number of nitrogens with two attached hydrogens (primary N) is 1. The first-order valence-corrected chi connectivity index (χ1v) is 7.55. The van der Waals surface area contributed by atoms with Gasteiger partial charge in [-0.2, -0.15) is 5.10 Å². The van der Waals surface area contributed by atoms with Gasteiger partial charge in [-0.1, -0.05) is 13.8 Å². The van der Waals surface area contributed by atoms with Gasteiger partial charge in [0.1, 0.15) is 0 Å². The van der Waals surface area contributed by atoms with E-state index in [0.29, 0.717) is 12.5 Å². The van der Waals surface area contributed by atoms with Gasteiger partial charge < -0.3 is 11.1 Å². The predicted octanol–water partition coefficient (Wildman–Crippen LogP) is 2.08. The molecule has 1 saturated carbocycles. The molecule has 0 bridgehead atoms. The molecule has 5 heteroatoms. The molecule has 1 heterocycles. The van der Waals surface area contributed by atoms with Crippen molar-refractivity contribution in [3.63, 3.8) is 0 Å². The van der Waals surface area contributed by atoms with Gasteiger partial charge in [-0.15, -0.1) is 0 Å². The third-order valence-electron chi connectivity index (χ3n) is 4.59. The first kappa shape index (κ1) is 15.0. The number of carbonyl (C=O) groups is 1. The van der Waals surface area contributed by atoms with Crippen LogP contribution in [-0.4, -0.2) is 22.2 Å². The molecule has 0 atom stereocenters. The van der Waals surface area contributed by atoms with E-state index in [1.54, 1.807) is 4.68 Å². The summed E-state index contributed by atoms with van der Waals surface area (Å²) in [5.74, 6) is 0.765. The number of aryl methyl sites for hydroxylation is 2. The smallest absolute Gasteiger partial charge is 0.231 e. The number of carbonyl (C=O) groups excluding carboxylic acids is 1. The van der Waals surface area contributed by atoms with E-state index >= 15 is 0 Å². The molecule has 1 amide bonds. The van der Waals surface area contributed by atoms with Crippen molar-refractivity contribution in [2.45, 2.75) is 46.0 Å². The van der Waals surface area contributed by atoms with E-state index in [4.69, 9.17) is 5.73 Å². The maximum absolute atomic E-state index is 12.7. The Bertz CT molecular complexity index is 472. The lowest BCUT2D eigenvalue weighted by atomic mass is 9.70. The van der Waals surface area contributed by atoms with E-state index in [2.05, 4.69) is 17.3 Å². The molecule has 1 aromatic rings. The van der Waals surface area contributed by atoms with Gasteiger partial charge in [0.2, 0.25) is 5.91 Å². The minimum atomic E-state index is -0.395. The molecule has 0 aromatic carbocycles. The zero-order chi connectivity index (χ0) is 14.8. The molecule has 0 spiro atoms. The van der Waals surface area contributed by atoms with Gasteiger partial charge in [0.05, 0.1) is 16.8 Å². The van der Waals surface area contributed by atoms with Crippen LogP contribution >= 0.6 is 0 Å². The van der Waals surface area contributed by atoms with Crippen molar-refractivity contribution < 1.29 is 4.79 Å². The second-order valence-corrected chi connectivity index (χ2v) is 6.14. The van der Waals surface area contributed by atoms with Crippen molar-refractivity contribution in [3.05, 3.63) is 11.9 Å². The van der Waals surface area contributed by atoms with Gasteiger partial charge in [0, 0.05) is 19.8 Å². The van der Waals surface area contributed by atoms with Crippen molar-refractivity contribution >= 4 is 11.6 Å². The van der Waals surface area contributed by atoms with Gasteiger partial charge >= 0.3 is 0 Å². The van der Waals surface area contributed by atoms with Crippen LogP contribution in [0.25, 0.3) is 0 Å². The second kappa shape index (κ2) is 5.95. The Kier molecular flexibility index (Phi) is 4.48. The Balaban J connectivity index is 2.13. The number of nitrogens with zero attached hydrogens (tertiary/aromatic N) is 2. The number of anilines is 1. The third kappa shape index (κ3) is 2.87. The summed E-state index contributed by atoms with van der Waals surface area (Å²) in [6, 6.07) is 0. The molecule has 0 radical (unpaired) electrons. The number of nitrogens with one attached hydrogen (secondary N) is 1. The lowest BCUT2D eigenvalue weighted by Gasteiger charge is -2.37.